The third-order valence-corrected chi connectivity index (χ3v) is 14.9. The number of hydrogen-bond acceptors (Lipinski definition) is 2. The lowest BCUT2D eigenvalue weighted by atomic mass is 9.73. The molecule has 0 amide bonds. The summed E-state index contributed by atoms with van der Waals surface area (Å²) in [4.78, 5) is 5.07. The lowest BCUT2D eigenvalue weighted by Crippen LogP contribution is -2.30. The number of aromatic nitrogens is 1. The van der Waals surface area contributed by atoms with E-state index in [4.69, 9.17) is 0 Å². The molecule has 0 fully saturated rings. The Morgan fingerprint density at radius 2 is 0.662 bits per heavy atom. The van der Waals surface area contributed by atoms with Crippen molar-refractivity contribution in [2.45, 2.75) is 51.4 Å². The van der Waals surface area contributed by atoms with Crippen LogP contribution >= 0.6 is 0 Å². The van der Waals surface area contributed by atoms with Gasteiger partial charge in [0.15, 0.2) is 0 Å². The number of benzene rings is 9. The van der Waals surface area contributed by atoms with Crippen LogP contribution in [-0.4, -0.2) is 4.57 Å². The highest BCUT2D eigenvalue weighted by Crippen LogP contribution is 2.56. The van der Waals surface area contributed by atoms with Crippen molar-refractivity contribution in [1.29, 1.82) is 0 Å². The summed E-state index contributed by atoms with van der Waals surface area (Å²) in [5, 5.41) is 2.73. The maximum Gasteiger partial charge on any atom is 0.0564 e. The van der Waals surface area contributed by atoms with Gasteiger partial charge in [0.05, 0.1) is 33.8 Å². The molecule has 3 nitrogen and oxygen atoms in total. The van der Waals surface area contributed by atoms with E-state index in [1.807, 2.05) is 0 Å². The molecule has 0 spiro atoms. The van der Waals surface area contributed by atoms with Gasteiger partial charge in [-0.2, -0.15) is 0 Å². The van der Waals surface area contributed by atoms with E-state index in [1.54, 1.807) is 0 Å². The Balaban J connectivity index is 1.14. The topological polar surface area (TPSA) is 11.4 Å². The highest BCUT2D eigenvalue weighted by molar-refractivity contribution is 6.16. The Hall–Kier alpha value is -7.62. The van der Waals surface area contributed by atoms with Crippen LogP contribution in [0, 0.1) is 0 Å². The Morgan fingerprint density at radius 3 is 1.03 bits per heavy atom. The van der Waals surface area contributed by atoms with E-state index in [0.29, 0.717) is 0 Å². The number of nitrogens with zero attached hydrogens (tertiary/aromatic N) is 3. The van der Waals surface area contributed by atoms with Crippen LogP contribution in [0.5, 0.6) is 0 Å². The zero-order valence-corrected chi connectivity index (χ0v) is 37.3. The summed E-state index contributed by atoms with van der Waals surface area (Å²) in [5.41, 5.74) is 23.6. The first-order valence-electron chi connectivity index (χ1n) is 23.1. The first kappa shape index (κ1) is 37.9. The van der Waals surface area contributed by atoms with Crippen molar-refractivity contribution in [3.8, 4) is 27.9 Å². The molecule has 3 aliphatic rings. The molecule has 13 rings (SSSR count). The number of hydrogen-bond donors (Lipinski definition) is 0. The van der Waals surface area contributed by atoms with Gasteiger partial charge >= 0.3 is 0 Å². The lowest BCUT2D eigenvalue weighted by Gasteiger charge is -2.42. The van der Waals surface area contributed by atoms with Gasteiger partial charge in [-0.25, -0.2) is 0 Å². The summed E-state index contributed by atoms with van der Waals surface area (Å²) < 4.78 is 2.60. The quantitative estimate of drug-likeness (QED) is 0.171. The Morgan fingerprint density at radius 1 is 0.323 bits per heavy atom. The Labute approximate surface area is 381 Å². The standard InChI is InChI=1S/C62H49N3/c1-61(2)49-23-11-15-27-53(49)63(54-28-16-12-24-50(54)61)47-34-42-31-32-43-35-48(64-55-29-17-13-25-51(55)62(3,4)52-26-14-18-30-56(52)64)39-58-60(43)59(42)57(38-47)65(58)46-36-44(40-19-7-5-8-20-40)33-45(37-46)41-21-9-6-10-22-41/h5-30,33-39H,31-32H2,1-4H3. The second kappa shape index (κ2) is 13.9. The zero-order chi connectivity index (χ0) is 43.6. The second-order valence-electron chi connectivity index (χ2n) is 19.3. The minimum absolute atomic E-state index is 0.144. The maximum atomic E-state index is 2.60. The van der Waals surface area contributed by atoms with Crippen LogP contribution < -0.4 is 9.80 Å². The fraction of sp³-hybridized carbons (Fsp3) is 0.129. The van der Waals surface area contributed by atoms with Gasteiger partial charge in [-0.05, 0) is 135 Å². The van der Waals surface area contributed by atoms with Gasteiger partial charge in [0.25, 0.3) is 0 Å². The minimum Gasteiger partial charge on any atom is -0.310 e. The molecule has 0 bridgehead atoms. The van der Waals surface area contributed by atoms with Crippen molar-refractivity contribution in [3.05, 3.63) is 234 Å². The summed E-state index contributed by atoms with van der Waals surface area (Å²) in [6.45, 7) is 9.48. The monoisotopic (exact) mass is 835 g/mol. The fourth-order valence-electron chi connectivity index (χ4n) is 11.8. The first-order chi connectivity index (χ1) is 31.8. The van der Waals surface area contributed by atoms with E-state index >= 15 is 0 Å². The van der Waals surface area contributed by atoms with Crippen molar-refractivity contribution in [3.63, 3.8) is 0 Å². The average Bonchev–Trinajstić information content (AvgIpc) is 3.68. The molecular weight excluding hydrogens is 787 g/mol. The molecule has 0 saturated carbocycles. The van der Waals surface area contributed by atoms with Crippen molar-refractivity contribution in [1.82, 2.24) is 4.57 Å². The van der Waals surface area contributed by atoms with Crippen molar-refractivity contribution in [2.24, 2.45) is 0 Å². The predicted octanol–water partition coefficient (Wildman–Crippen LogP) is 16.4. The summed E-state index contributed by atoms with van der Waals surface area (Å²) in [6, 6.07) is 75.0. The van der Waals surface area contributed by atoms with Crippen LogP contribution in [-0.2, 0) is 23.7 Å². The third kappa shape index (κ3) is 5.55. The summed E-state index contributed by atoms with van der Waals surface area (Å²) in [6.07, 6.45) is 1.92. The molecule has 0 saturated heterocycles. The lowest BCUT2D eigenvalue weighted by molar-refractivity contribution is 0.631. The number of aryl methyl sites for hydroxylation is 2. The van der Waals surface area contributed by atoms with E-state index in [9.17, 15) is 0 Å². The van der Waals surface area contributed by atoms with Crippen LogP contribution in [0.25, 0.3) is 49.7 Å². The van der Waals surface area contributed by atoms with Crippen LogP contribution in [0.2, 0.25) is 0 Å². The molecule has 10 aromatic rings. The van der Waals surface area contributed by atoms with Gasteiger partial charge in [0, 0.05) is 38.7 Å². The van der Waals surface area contributed by atoms with E-state index in [1.165, 1.54) is 112 Å². The summed E-state index contributed by atoms with van der Waals surface area (Å²) in [5.74, 6) is 0. The molecule has 0 unspecified atom stereocenters. The Kier molecular flexibility index (Phi) is 8.13. The third-order valence-electron chi connectivity index (χ3n) is 14.9. The van der Waals surface area contributed by atoms with Crippen LogP contribution in [0.4, 0.5) is 34.1 Å². The summed E-state index contributed by atoms with van der Waals surface area (Å²) in [7, 11) is 0. The highest BCUT2D eigenvalue weighted by Gasteiger charge is 2.39. The SMILES string of the molecule is CC1(C)c2ccccc2N(c2cc3c4c5c(cc(N6c7ccccc7C(C)(C)c7ccccc76)cc5n(-c5cc(-c6ccccc6)cc(-c6ccccc6)c5)c4c2)CC3)c2ccccc21. The molecule has 0 N–H and O–H groups in total. The molecule has 1 aliphatic carbocycles. The van der Waals surface area contributed by atoms with Gasteiger partial charge in [0.2, 0.25) is 0 Å². The molecule has 9 aromatic carbocycles. The Bertz CT molecular complexity index is 3230. The minimum atomic E-state index is -0.144. The number of para-hydroxylation sites is 4. The molecular formula is C62H49N3. The van der Waals surface area contributed by atoms with E-state index < -0.39 is 0 Å². The van der Waals surface area contributed by atoms with Crippen molar-refractivity contribution >= 4 is 55.9 Å². The molecule has 3 heteroatoms. The molecule has 0 atom stereocenters. The molecule has 3 heterocycles. The van der Waals surface area contributed by atoms with Gasteiger partial charge in [-0.15, -0.1) is 0 Å². The summed E-state index contributed by atoms with van der Waals surface area (Å²) >= 11 is 0. The van der Waals surface area contributed by atoms with E-state index in [-0.39, 0.29) is 10.8 Å². The normalized spacial score (nSPS) is 15.1. The van der Waals surface area contributed by atoms with E-state index in [2.05, 4.69) is 242 Å². The largest absolute Gasteiger partial charge is 0.310 e. The molecule has 2 aliphatic heterocycles. The number of rotatable bonds is 5. The van der Waals surface area contributed by atoms with Crippen LogP contribution in [0.1, 0.15) is 61.1 Å². The number of fused-ring (bicyclic) bond motifs is 4. The van der Waals surface area contributed by atoms with Crippen molar-refractivity contribution in [2.75, 3.05) is 9.80 Å². The second-order valence-corrected chi connectivity index (χ2v) is 19.3. The molecule has 312 valence electrons. The molecule has 65 heavy (non-hydrogen) atoms. The van der Waals surface area contributed by atoms with Crippen molar-refractivity contribution < 1.29 is 0 Å². The zero-order valence-electron chi connectivity index (χ0n) is 37.3. The van der Waals surface area contributed by atoms with Crippen LogP contribution in [0.15, 0.2) is 200 Å². The van der Waals surface area contributed by atoms with Gasteiger partial charge < -0.3 is 14.4 Å². The number of anilines is 6. The molecule has 0 radical (unpaired) electrons. The predicted molar refractivity (Wildman–Crippen MR) is 273 cm³/mol. The maximum absolute atomic E-state index is 2.60. The molecule has 1 aromatic heterocycles. The van der Waals surface area contributed by atoms with Crippen LogP contribution in [0.3, 0.4) is 0 Å². The first-order valence-corrected chi connectivity index (χ1v) is 23.1. The smallest absolute Gasteiger partial charge is 0.0564 e. The fourth-order valence-corrected chi connectivity index (χ4v) is 11.8. The van der Waals surface area contributed by atoms with Gasteiger partial charge in [0.1, 0.15) is 0 Å². The van der Waals surface area contributed by atoms with Gasteiger partial charge in [-0.3, -0.25) is 0 Å². The average molecular weight is 836 g/mol. The highest BCUT2D eigenvalue weighted by atomic mass is 15.2. The van der Waals surface area contributed by atoms with Gasteiger partial charge in [-0.1, -0.05) is 161 Å². The van der Waals surface area contributed by atoms with E-state index in [0.717, 1.165) is 18.5 Å².